The van der Waals surface area contributed by atoms with E-state index in [0.29, 0.717) is 12.3 Å². The van der Waals surface area contributed by atoms with Crippen LogP contribution in [0.5, 0.6) is 0 Å². The maximum atomic E-state index is 9.53. The Morgan fingerprint density at radius 2 is 1.67 bits per heavy atom. The maximum absolute atomic E-state index is 9.53. The summed E-state index contributed by atoms with van der Waals surface area (Å²) in [6.07, 6.45) is 4.34. The Labute approximate surface area is 91.1 Å². The average Bonchev–Trinajstić information content (AvgIpc) is 2.26. The first kappa shape index (κ1) is 12.9. The molecule has 0 saturated heterocycles. The van der Waals surface area contributed by atoms with E-state index in [-0.39, 0.29) is 0 Å². The van der Waals surface area contributed by atoms with Crippen LogP contribution in [0.2, 0.25) is 0 Å². The molecule has 0 aliphatic heterocycles. The molecule has 0 aromatic rings. The van der Waals surface area contributed by atoms with Crippen molar-refractivity contribution in [3.8, 4) is 0 Å². The number of aliphatic hydroxyl groups is 3. The van der Waals surface area contributed by atoms with Crippen LogP contribution in [0, 0.1) is 5.92 Å². The highest BCUT2D eigenvalue weighted by molar-refractivity contribution is 4.74. The number of aliphatic hydroxyl groups excluding tert-OH is 3. The molecule has 1 rings (SSSR count). The second kappa shape index (κ2) is 6.43. The Bertz CT molecular complexity index is 169. The predicted molar refractivity (Wildman–Crippen MR) is 58.0 cm³/mol. The third-order valence-electron chi connectivity index (χ3n) is 3.34. The van der Waals surface area contributed by atoms with Crippen LogP contribution in [0.1, 0.15) is 44.9 Å². The highest BCUT2D eigenvalue weighted by atomic mass is 16.4. The number of nitrogens with two attached hydrogens (primary N) is 1. The first-order valence-corrected chi connectivity index (χ1v) is 5.91. The molecule has 0 amide bonds. The van der Waals surface area contributed by atoms with Crippen molar-refractivity contribution in [2.24, 2.45) is 11.7 Å². The van der Waals surface area contributed by atoms with Gasteiger partial charge in [-0.15, -0.1) is 0 Å². The normalized spacial score (nSPS) is 24.8. The van der Waals surface area contributed by atoms with Gasteiger partial charge in [0, 0.05) is 0 Å². The van der Waals surface area contributed by atoms with E-state index >= 15 is 0 Å². The van der Waals surface area contributed by atoms with Crippen LogP contribution in [0.4, 0.5) is 0 Å². The van der Waals surface area contributed by atoms with E-state index in [9.17, 15) is 10.2 Å². The zero-order valence-electron chi connectivity index (χ0n) is 9.18. The average molecular weight is 217 g/mol. The van der Waals surface area contributed by atoms with Gasteiger partial charge in [-0.25, -0.2) is 0 Å². The first-order chi connectivity index (χ1) is 7.11. The zero-order valence-corrected chi connectivity index (χ0v) is 9.18. The van der Waals surface area contributed by atoms with E-state index < -0.39 is 18.4 Å². The van der Waals surface area contributed by atoms with E-state index in [4.69, 9.17) is 10.8 Å². The number of rotatable bonds is 5. The summed E-state index contributed by atoms with van der Waals surface area (Å²) in [7, 11) is 0. The molecule has 15 heavy (non-hydrogen) atoms. The minimum absolute atomic E-state index is 0.528. The predicted octanol–water partition coefficient (Wildman–Crippen LogP) is 0.346. The summed E-state index contributed by atoms with van der Waals surface area (Å²) in [4.78, 5) is 0. The minimum Gasteiger partial charge on any atom is -0.390 e. The second-order valence-corrected chi connectivity index (χ2v) is 4.63. The smallest absolute Gasteiger partial charge is 0.131 e. The lowest BCUT2D eigenvalue weighted by atomic mass is 9.85. The Balaban J connectivity index is 2.17. The maximum Gasteiger partial charge on any atom is 0.131 e. The molecular formula is C11H23NO3. The lowest BCUT2D eigenvalue weighted by molar-refractivity contribution is -0.0609. The van der Waals surface area contributed by atoms with Crippen molar-refractivity contribution in [3.05, 3.63) is 0 Å². The quantitative estimate of drug-likeness (QED) is 0.500. The van der Waals surface area contributed by atoms with Gasteiger partial charge in [0.1, 0.15) is 12.3 Å². The minimum atomic E-state index is -1.34. The van der Waals surface area contributed by atoms with E-state index in [2.05, 4.69) is 0 Å². The summed E-state index contributed by atoms with van der Waals surface area (Å²) >= 11 is 0. The Kier molecular flexibility index (Phi) is 5.53. The molecule has 0 aromatic carbocycles. The van der Waals surface area contributed by atoms with Crippen LogP contribution in [0.25, 0.3) is 0 Å². The fraction of sp³-hybridized carbons (Fsp3) is 1.00. The van der Waals surface area contributed by atoms with Gasteiger partial charge in [-0.3, -0.25) is 0 Å². The van der Waals surface area contributed by atoms with Crippen molar-refractivity contribution in [2.75, 3.05) is 0 Å². The fourth-order valence-corrected chi connectivity index (χ4v) is 2.28. The second-order valence-electron chi connectivity index (χ2n) is 4.63. The van der Waals surface area contributed by atoms with E-state index in [1.54, 1.807) is 0 Å². The largest absolute Gasteiger partial charge is 0.390 e. The van der Waals surface area contributed by atoms with Gasteiger partial charge in [0.2, 0.25) is 0 Å². The third-order valence-corrected chi connectivity index (χ3v) is 3.34. The summed E-state index contributed by atoms with van der Waals surface area (Å²) in [5.74, 6) is 0.676. The van der Waals surface area contributed by atoms with Crippen molar-refractivity contribution in [2.45, 2.75) is 63.4 Å². The molecule has 1 saturated carbocycles. The molecule has 3 atom stereocenters. The monoisotopic (exact) mass is 217 g/mol. The van der Waals surface area contributed by atoms with E-state index in [1.165, 1.54) is 32.1 Å². The number of hydrogen-bond acceptors (Lipinski definition) is 4. The molecule has 0 radical (unpaired) electrons. The SMILES string of the molecule is NC(O)C(O)C(O)CCC1CCCCC1. The molecule has 1 fully saturated rings. The Morgan fingerprint density at radius 3 is 2.20 bits per heavy atom. The lowest BCUT2D eigenvalue weighted by Gasteiger charge is -2.25. The van der Waals surface area contributed by atoms with E-state index in [1.807, 2.05) is 0 Å². The van der Waals surface area contributed by atoms with Crippen LogP contribution < -0.4 is 5.73 Å². The van der Waals surface area contributed by atoms with Crippen molar-refractivity contribution in [1.29, 1.82) is 0 Å². The fourth-order valence-electron chi connectivity index (χ4n) is 2.28. The van der Waals surface area contributed by atoms with E-state index in [0.717, 1.165) is 6.42 Å². The number of hydrogen-bond donors (Lipinski definition) is 4. The first-order valence-electron chi connectivity index (χ1n) is 5.91. The standard InChI is InChI=1S/C11H23NO3/c12-11(15)10(14)9(13)7-6-8-4-2-1-3-5-8/h8-11,13-15H,1-7,12H2. The van der Waals surface area contributed by atoms with Gasteiger partial charge in [-0.1, -0.05) is 32.1 Å². The molecular weight excluding hydrogens is 194 g/mol. The van der Waals surface area contributed by atoms with Crippen molar-refractivity contribution in [1.82, 2.24) is 0 Å². The molecule has 0 aromatic heterocycles. The summed E-state index contributed by atoms with van der Waals surface area (Å²) < 4.78 is 0. The highest BCUT2D eigenvalue weighted by Gasteiger charge is 2.23. The van der Waals surface area contributed by atoms with Crippen LogP contribution in [0.3, 0.4) is 0 Å². The molecule has 90 valence electrons. The highest BCUT2D eigenvalue weighted by Crippen LogP contribution is 2.28. The van der Waals surface area contributed by atoms with Gasteiger partial charge >= 0.3 is 0 Å². The Morgan fingerprint density at radius 1 is 1.07 bits per heavy atom. The van der Waals surface area contributed by atoms with Gasteiger partial charge in [0.15, 0.2) is 0 Å². The third kappa shape index (κ3) is 4.47. The zero-order chi connectivity index (χ0) is 11.3. The summed E-state index contributed by atoms with van der Waals surface area (Å²) in [6.45, 7) is 0. The molecule has 1 aliphatic rings. The molecule has 4 heteroatoms. The van der Waals surface area contributed by atoms with Crippen LogP contribution in [0.15, 0.2) is 0 Å². The molecule has 3 unspecified atom stereocenters. The van der Waals surface area contributed by atoms with Gasteiger partial charge in [-0.05, 0) is 18.8 Å². The molecule has 0 bridgehead atoms. The molecule has 5 N–H and O–H groups in total. The van der Waals surface area contributed by atoms with Crippen molar-refractivity contribution >= 4 is 0 Å². The van der Waals surface area contributed by atoms with Crippen LogP contribution in [-0.2, 0) is 0 Å². The van der Waals surface area contributed by atoms with Crippen LogP contribution in [-0.4, -0.2) is 33.8 Å². The van der Waals surface area contributed by atoms with Crippen molar-refractivity contribution in [3.63, 3.8) is 0 Å². The lowest BCUT2D eigenvalue weighted by Crippen LogP contribution is -2.42. The summed E-state index contributed by atoms with van der Waals surface area (Å²) in [5.41, 5.74) is 5.09. The van der Waals surface area contributed by atoms with Gasteiger partial charge in [0.25, 0.3) is 0 Å². The van der Waals surface area contributed by atoms with Crippen molar-refractivity contribution < 1.29 is 15.3 Å². The summed E-state index contributed by atoms with van der Waals surface area (Å²) in [5, 5.41) is 27.7. The molecule has 4 nitrogen and oxygen atoms in total. The topological polar surface area (TPSA) is 86.7 Å². The van der Waals surface area contributed by atoms with Gasteiger partial charge in [0.05, 0.1) is 6.10 Å². The molecule has 0 heterocycles. The van der Waals surface area contributed by atoms with Crippen LogP contribution >= 0.6 is 0 Å². The van der Waals surface area contributed by atoms with Gasteiger partial charge in [-0.2, -0.15) is 0 Å². The molecule has 0 spiro atoms. The molecule has 1 aliphatic carbocycles. The van der Waals surface area contributed by atoms with Gasteiger partial charge < -0.3 is 21.1 Å². The summed E-state index contributed by atoms with van der Waals surface area (Å²) in [6, 6.07) is 0. The Hall–Kier alpha value is -0.160.